The molecule has 1 aliphatic heterocycles. The van der Waals surface area contributed by atoms with Crippen LogP contribution in [0.25, 0.3) is 6.08 Å². The van der Waals surface area contributed by atoms with Crippen LogP contribution in [0, 0.1) is 0 Å². The number of hydrogen-bond donors (Lipinski definition) is 1. The van der Waals surface area contributed by atoms with Gasteiger partial charge in [0.25, 0.3) is 5.91 Å². The van der Waals surface area contributed by atoms with E-state index in [1.54, 1.807) is 43.5 Å². The molecule has 0 saturated carbocycles. The molecule has 8 heteroatoms. The Labute approximate surface area is 168 Å². The fourth-order valence-electron chi connectivity index (χ4n) is 2.61. The van der Waals surface area contributed by atoms with Crippen LogP contribution in [0.4, 0.5) is 5.69 Å². The molecule has 152 valence electrons. The van der Waals surface area contributed by atoms with Gasteiger partial charge >= 0.3 is 5.97 Å². The Morgan fingerprint density at radius 2 is 1.86 bits per heavy atom. The van der Waals surface area contributed by atoms with Crippen molar-refractivity contribution in [1.29, 1.82) is 0 Å². The van der Waals surface area contributed by atoms with Crippen LogP contribution in [0.15, 0.2) is 42.5 Å². The van der Waals surface area contributed by atoms with E-state index in [0.717, 1.165) is 0 Å². The molecule has 0 fully saturated rings. The molecule has 2 aromatic carbocycles. The van der Waals surface area contributed by atoms with Gasteiger partial charge < -0.3 is 29.0 Å². The van der Waals surface area contributed by atoms with Gasteiger partial charge in [-0.1, -0.05) is 0 Å². The van der Waals surface area contributed by atoms with Gasteiger partial charge in [-0.15, -0.1) is 0 Å². The van der Waals surface area contributed by atoms with Gasteiger partial charge in [0, 0.05) is 23.4 Å². The number of benzene rings is 2. The number of fused-ring (bicyclic) bond motifs is 1. The normalized spacial score (nSPS) is 13.1. The van der Waals surface area contributed by atoms with Crippen molar-refractivity contribution in [1.82, 2.24) is 0 Å². The maximum atomic E-state index is 12.3. The monoisotopic (exact) mass is 399 g/mol. The van der Waals surface area contributed by atoms with Crippen LogP contribution in [-0.2, 0) is 14.3 Å². The molecule has 2 aromatic rings. The molecule has 0 saturated heterocycles. The molecule has 8 nitrogen and oxygen atoms in total. The fraction of sp³-hybridized carbons (Fsp3) is 0.238. The third-order valence-electron chi connectivity index (χ3n) is 4.14. The van der Waals surface area contributed by atoms with E-state index in [1.165, 1.54) is 26.2 Å². The molecule has 0 aromatic heterocycles. The molecule has 0 radical (unpaired) electrons. The van der Waals surface area contributed by atoms with E-state index in [2.05, 4.69) is 5.32 Å². The van der Waals surface area contributed by atoms with Crippen molar-refractivity contribution in [3.63, 3.8) is 0 Å². The van der Waals surface area contributed by atoms with Crippen LogP contribution in [0.1, 0.15) is 12.5 Å². The van der Waals surface area contributed by atoms with E-state index in [-0.39, 0.29) is 6.79 Å². The quantitative estimate of drug-likeness (QED) is 0.565. The number of amides is 1. The molecule has 1 amide bonds. The first kappa shape index (κ1) is 20.1. The van der Waals surface area contributed by atoms with E-state index in [4.69, 9.17) is 23.7 Å². The summed E-state index contributed by atoms with van der Waals surface area (Å²) in [4.78, 5) is 24.4. The molecular formula is C21H21NO7. The van der Waals surface area contributed by atoms with E-state index < -0.39 is 18.0 Å². The van der Waals surface area contributed by atoms with Gasteiger partial charge in [-0.3, -0.25) is 4.79 Å². The molecule has 3 rings (SSSR count). The second-order valence-corrected chi connectivity index (χ2v) is 6.08. The summed E-state index contributed by atoms with van der Waals surface area (Å²) < 4.78 is 26.1. The number of methoxy groups -OCH3 is 2. The lowest BCUT2D eigenvalue weighted by atomic mass is 10.1. The first-order chi connectivity index (χ1) is 14.0. The Morgan fingerprint density at radius 1 is 1.07 bits per heavy atom. The molecule has 29 heavy (non-hydrogen) atoms. The van der Waals surface area contributed by atoms with E-state index in [1.807, 2.05) is 0 Å². The van der Waals surface area contributed by atoms with E-state index >= 15 is 0 Å². The fourth-order valence-corrected chi connectivity index (χ4v) is 2.61. The number of carbonyl (C=O) groups excluding carboxylic acids is 2. The molecule has 1 N–H and O–H groups in total. The average Bonchev–Trinajstić information content (AvgIpc) is 3.19. The van der Waals surface area contributed by atoms with E-state index in [0.29, 0.717) is 34.2 Å². The van der Waals surface area contributed by atoms with Crippen LogP contribution in [0.3, 0.4) is 0 Å². The van der Waals surface area contributed by atoms with Crippen LogP contribution in [0.2, 0.25) is 0 Å². The minimum Gasteiger partial charge on any atom is -0.497 e. The summed E-state index contributed by atoms with van der Waals surface area (Å²) in [7, 11) is 3.07. The third kappa shape index (κ3) is 4.98. The number of anilines is 1. The first-order valence-electron chi connectivity index (χ1n) is 8.81. The minimum atomic E-state index is -0.996. The highest BCUT2D eigenvalue weighted by molar-refractivity contribution is 5.97. The minimum absolute atomic E-state index is 0.144. The Hall–Kier alpha value is -3.68. The van der Waals surface area contributed by atoms with Crippen molar-refractivity contribution in [3.05, 3.63) is 48.0 Å². The van der Waals surface area contributed by atoms with Crippen molar-refractivity contribution in [3.8, 4) is 23.0 Å². The maximum absolute atomic E-state index is 12.3. The van der Waals surface area contributed by atoms with Crippen LogP contribution in [0.5, 0.6) is 23.0 Å². The molecule has 0 unspecified atom stereocenters. The first-order valence-corrected chi connectivity index (χ1v) is 8.81. The van der Waals surface area contributed by atoms with Crippen molar-refractivity contribution < 1.29 is 33.3 Å². The maximum Gasteiger partial charge on any atom is 0.331 e. The van der Waals surface area contributed by atoms with Crippen molar-refractivity contribution in [2.24, 2.45) is 0 Å². The number of rotatable bonds is 7. The Balaban J connectivity index is 1.58. The molecule has 0 bridgehead atoms. The molecule has 1 aliphatic rings. The summed E-state index contributed by atoms with van der Waals surface area (Å²) in [6, 6.07) is 10.2. The van der Waals surface area contributed by atoms with Gasteiger partial charge in [0.15, 0.2) is 17.6 Å². The highest BCUT2D eigenvalue weighted by Gasteiger charge is 2.19. The smallest absolute Gasteiger partial charge is 0.331 e. The zero-order chi connectivity index (χ0) is 20.8. The molecular weight excluding hydrogens is 378 g/mol. The van der Waals surface area contributed by atoms with Gasteiger partial charge in [-0.25, -0.2) is 4.79 Å². The van der Waals surface area contributed by atoms with Gasteiger partial charge in [-0.05, 0) is 43.3 Å². The topological polar surface area (TPSA) is 92.3 Å². The second kappa shape index (κ2) is 9.01. The number of ether oxygens (including phenoxy) is 5. The lowest BCUT2D eigenvalue weighted by Gasteiger charge is -2.13. The van der Waals surface area contributed by atoms with Crippen molar-refractivity contribution >= 4 is 23.6 Å². The number of hydrogen-bond acceptors (Lipinski definition) is 7. The second-order valence-electron chi connectivity index (χ2n) is 6.08. The van der Waals surface area contributed by atoms with Gasteiger partial charge in [-0.2, -0.15) is 0 Å². The van der Waals surface area contributed by atoms with Gasteiger partial charge in [0.2, 0.25) is 6.79 Å². The molecule has 0 spiro atoms. The number of nitrogens with one attached hydrogen (secondary N) is 1. The lowest BCUT2D eigenvalue weighted by Crippen LogP contribution is -2.29. The Morgan fingerprint density at radius 3 is 2.62 bits per heavy atom. The van der Waals surface area contributed by atoms with Crippen molar-refractivity contribution in [2.75, 3.05) is 26.3 Å². The highest BCUT2D eigenvalue weighted by atomic mass is 16.7. The largest absolute Gasteiger partial charge is 0.497 e. The van der Waals surface area contributed by atoms with Gasteiger partial charge in [0.1, 0.15) is 11.5 Å². The number of esters is 1. The average molecular weight is 399 g/mol. The summed E-state index contributed by atoms with van der Waals surface area (Å²) in [5.41, 5.74) is 1.15. The zero-order valence-corrected chi connectivity index (χ0v) is 16.3. The molecule has 1 atom stereocenters. The summed E-state index contributed by atoms with van der Waals surface area (Å²) in [6.45, 7) is 1.63. The summed E-state index contributed by atoms with van der Waals surface area (Å²) in [5, 5.41) is 2.67. The van der Waals surface area contributed by atoms with Crippen LogP contribution in [-0.4, -0.2) is 39.0 Å². The molecule has 1 heterocycles. The SMILES string of the molecule is COc1ccc(OC)c(/C=C/C(=O)O[C@@H](C)C(=O)Nc2ccc3c(c2)OCO3)c1. The van der Waals surface area contributed by atoms with Crippen LogP contribution < -0.4 is 24.3 Å². The molecule has 0 aliphatic carbocycles. The van der Waals surface area contributed by atoms with E-state index in [9.17, 15) is 9.59 Å². The lowest BCUT2D eigenvalue weighted by molar-refractivity contribution is -0.148. The highest BCUT2D eigenvalue weighted by Crippen LogP contribution is 2.34. The summed E-state index contributed by atoms with van der Waals surface area (Å²) in [6.07, 6.45) is 1.76. The van der Waals surface area contributed by atoms with Crippen molar-refractivity contribution in [2.45, 2.75) is 13.0 Å². The van der Waals surface area contributed by atoms with Crippen LogP contribution >= 0.6 is 0 Å². The van der Waals surface area contributed by atoms with Gasteiger partial charge in [0.05, 0.1) is 14.2 Å². The summed E-state index contributed by atoms with van der Waals surface area (Å²) in [5.74, 6) is 1.22. The summed E-state index contributed by atoms with van der Waals surface area (Å²) >= 11 is 0. The Kier molecular flexibility index (Phi) is 6.23. The Bertz CT molecular complexity index is 939. The standard InChI is InChI=1S/C21H21NO7/c1-13(21(24)22-15-5-7-18-19(11-15)28-12-27-18)29-20(23)9-4-14-10-16(25-2)6-8-17(14)26-3/h4-11,13H,12H2,1-3H3,(H,22,24)/b9-4+/t13-/m0/s1. The number of carbonyl (C=O) groups is 2. The predicted octanol–water partition coefficient (Wildman–Crippen LogP) is 3.02. The third-order valence-corrected chi connectivity index (χ3v) is 4.14. The predicted molar refractivity (Wildman–Crippen MR) is 105 cm³/mol. The zero-order valence-electron chi connectivity index (χ0n) is 16.3.